The Balaban J connectivity index is 2.62. The summed E-state index contributed by atoms with van der Waals surface area (Å²) in [4.78, 5) is 13.5. The van der Waals surface area contributed by atoms with E-state index in [0.29, 0.717) is 23.2 Å². The molecule has 0 aliphatic rings. The molecule has 4 nitrogen and oxygen atoms in total. The second kappa shape index (κ2) is 6.50. The van der Waals surface area contributed by atoms with Crippen LogP contribution in [0.3, 0.4) is 0 Å². The Kier molecular flexibility index (Phi) is 5.28. The highest BCUT2D eigenvalue weighted by Gasteiger charge is 2.11. The second-order valence-corrected chi connectivity index (χ2v) is 5.13. The molecule has 0 saturated carbocycles. The third-order valence-electron chi connectivity index (χ3n) is 2.53. The first-order chi connectivity index (χ1) is 8.41. The van der Waals surface area contributed by atoms with Crippen molar-refractivity contribution < 1.29 is 4.79 Å². The molecule has 0 aliphatic heterocycles. The Hall–Kier alpha value is -1.42. The monoisotopic (exact) mass is 269 g/mol. The fourth-order valence-corrected chi connectivity index (χ4v) is 1.70. The van der Waals surface area contributed by atoms with Gasteiger partial charge < -0.3 is 16.0 Å². The lowest BCUT2D eigenvalue weighted by atomic mass is 10.2. The zero-order valence-corrected chi connectivity index (χ0v) is 11.8. The van der Waals surface area contributed by atoms with Crippen molar-refractivity contribution in [2.45, 2.75) is 13.8 Å². The van der Waals surface area contributed by atoms with E-state index in [-0.39, 0.29) is 12.5 Å². The summed E-state index contributed by atoms with van der Waals surface area (Å²) in [5, 5.41) is 3.36. The quantitative estimate of drug-likeness (QED) is 0.805. The van der Waals surface area contributed by atoms with E-state index in [2.05, 4.69) is 19.2 Å². The Morgan fingerprint density at radius 3 is 2.78 bits per heavy atom. The second-order valence-electron chi connectivity index (χ2n) is 4.73. The molecule has 1 aromatic rings. The minimum Gasteiger partial charge on any atom is -0.396 e. The van der Waals surface area contributed by atoms with Crippen molar-refractivity contribution >= 4 is 28.9 Å². The zero-order valence-electron chi connectivity index (χ0n) is 11.0. The van der Waals surface area contributed by atoms with E-state index in [9.17, 15) is 4.79 Å². The van der Waals surface area contributed by atoms with Crippen LogP contribution in [-0.4, -0.2) is 26.0 Å². The number of benzene rings is 1. The summed E-state index contributed by atoms with van der Waals surface area (Å²) in [6, 6.07) is 5.39. The number of anilines is 2. The van der Waals surface area contributed by atoms with Crippen LogP contribution in [0.2, 0.25) is 5.02 Å². The van der Waals surface area contributed by atoms with Gasteiger partial charge in [-0.1, -0.05) is 31.5 Å². The maximum Gasteiger partial charge on any atom is 0.239 e. The molecule has 0 aromatic heterocycles. The Morgan fingerprint density at radius 1 is 1.50 bits per heavy atom. The van der Waals surface area contributed by atoms with Gasteiger partial charge in [-0.15, -0.1) is 0 Å². The molecule has 0 fully saturated rings. The first-order valence-corrected chi connectivity index (χ1v) is 6.31. The predicted molar refractivity (Wildman–Crippen MR) is 77.0 cm³/mol. The minimum atomic E-state index is -0.0226. The number of halogens is 1. The summed E-state index contributed by atoms with van der Waals surface area (Å²) in [6.07, 6.45) is 0. The van der Waals surface area contributed by atoms with Gasteiger partial charge in [0.05, 0.1) is 22.9 Å². The minimum absolute atomic E-state index is 0.0226. The molecule has 0 atom stereocenters. The molecule has 100 valence electrons. The molecule has 5 heteroatoms. The van der Waals surface area contributed by atoms with Crippen LogP contribution in [0, 0.1) is 5.92 Å². The Labute approximate surface area is 113 Å². The van der Waals surface area contributed by atoms with Gasteiger partial charge in [0, 0.05) is 13.6 Å². The average Bonchev–Trinajstić information content (AvgIpc) is 2.30. The van der Waals surface area contributed by atoms with E-state index < -0.39 is 0 Å². The summed E-state index contributed by atoms with van der Waals surface area (Å²) >= 11 is 5.94. The van der Waals surface area contributed by atoms with E-state index >= 15 is 0 Å². The van der Waals surface area contributed by atoms with Crippen LogP contribution in [0.25, 0.3) is 0 Å². The van der Waals surface area contributed by atoms with Crippen molar-refractivity contribution in [2.75, 3.05) is 30.8 Å². The number of hydrogen-bond donors (Lipinski definition) is 2. The largest absolute Gasteiger partial charge is 0.396 e. The van der Waals surface area contributed by atoms with Gasteiger partial charge in [-0.05, 0) is 18.1 Å². The van der Waals surface area contributed by atoms with Gasteiger partial charge in [-0.25, -0.2) is 0 Å². The molecule has 0 heterocycles. The number of hydrogen-bond acceptors (Lipinski definition) is 3. The van der Waals surface area contributed by atoms with Gasteiger partial charge >= 0.3 is 0 Å². The van der Waals surface area contributed by atoms with Crippen molar-refractivity contribution in [1.29, 1.82) is 0 Å². The van der Waals surface area contributed by atoms with Crippen LogP contribution in [-0.2, 0) is 4.79 Å². The highest BCUT2D eigenvalue weighted by atomic mass is 35.5. The van der Waals surface area contributed by atoms with Crippen molar-refractivity contribution in [3.05, 3.63) is 23.2 Å². The van der Waals surface area contributed by atoms with Gasteiger partial charge in [0.25, 0.3) is 0 Å². The third kappa shape index (κ3) is 4.11. The van der Waals surface area contributed by atoms with E-state index in [1.165, 1.54) is 0 Å². The number of para-hydroxylation sites is 1. The lowest BCUT2D eigenvalue weighted by molar-refractivity contribution is -0.119. The molecule has 1 rings (SSSR count). The van der Waals surface area contributed by atoms with Gasteiger partial charge in [-0.3, -0.25) is 4.79 Å². The summed E-state index contributed by atoms with van der Waals surface area (Å²) in [5.41, 5.74) is 7.14. The van der Waals surface area contributed by atoms with Crippen LogP contribution in [0.1, 0.15) is 13.8 Å². The van der Waals surface area contributed by atoms with E-state index in [4.69, 9.17) is 17.3 Å². The van der Waals surface area contributed by atoms with Crippen molar-refractivity contribution in [2.24, 2.45) is 5.92 Å². The Morgan fingerprint density at radius 2 is 2.17 bits per heavy atom. The number of nitrogens with one attached hydrogen (secondary N) is 1. The van der Waals surface area contributed by atoms with E-state index in [1.54, 1.807) is 11.0 Å². The lowest BCUT2D eigenvalue weighted by Crippen LogP contribution is -2.37. The predicted octanol–water partition coefficient (Wildman–Crippen LogP) is 2.13. The summed E-state index contributed by atoms with van der Waals surface area (Å²) in [6.45, 7) is 5.05. The third-order valence-corrected chi connectivity index (χ3v) is 2.86. The highest BCUT2D eigenvalue weighted by Crippen LogP contribution is 2.28. The van der Waals surface area contributed by atoms with Crippen LogP contribution >= 0.6 is 11.6 Å². The fourth-order valence-electron chi connectivity index (χ4n) is 1.53. The van der Waals surface area contributed by atoms with Crippen LogP contribution in [0.4, 0.5) is 11.4 Å². The molecule has 0 unspecified atom stereocenters. The molecule has 1 amide bonds. The smallest absolute Gasteiger partial charge is 0.239 e. The number of nitrogen functional groups attached to an aromatic ring is 1. The number of rotatable bonds is 5. The molecular weight excluding hydrogens is 250 g/mol. The molecule has 0 spiro atoms. The van der Waals surface area contributed by atoms with Gasteiger partial charge in [-0.2, -0.15) is 0 Å². The van der Waals surface area contributed by atoms with Gasteiger partial charge in [0.1, 0.15) is 0 Å². The number of likely N-dealkylation sites (N-methyl/N-ethyl adjacent to an activating group) is 1. The molecule has 0 saturated heterocycles. The maximum atomic E-state index is 11.7. The Bertz CT molecular complexity index is 421. The zero-order chi connectivity index (χ0) is 13.7. The molecule has 0 bridgehead atoms. The highest BCUT2D eigenvalue weighted by molar-refractivity contribution is 6.33. The van der Waals surface area contributed by atoms with E-state index in [1.807, 2.05) is 19.2 Å². The number of nitrogens with two attached hydrogens (primary N) is 1. The first kappa shape index (κ1) is 14.6. The normalized spacial score (nSPS) is 10.5. The van der Waals surface area contributed by atoms with E-state index in [0.717, 1.165) is 5.69 Å². The lowest BCUT2D eigenvalue weighted by Gasteiger charge is -2.21. The summed E-state index contributed by atoms with van der Waals surface area (Å²) in [5.74, 6) is 0.418. The average molecular weight is 270 g/mol. The standard InChI is InChI=1S/C13H20ClN3O/c1-9(2)7-16-12(18)8-17(3)11-6-4-5-10(14)13(11)15/h4-6,9H,7-8,15H2,1-3H3,(H,16,18). The maximum absolute atomic E-state index is 11.7. The number of carbonyl (C=O) groups is 1. The van der Waals surface area contributed by atoms with Gasteiger partial charge in [0.15, 0.2) is 0 Å². The fraction of sp³-hybridized carbons (Fsp3) is 0.462. The molecule has 1 aromatic carbocycles. The van der Waals surface area contributed by atoms with Crippen LogP contribution in [0.5, 0.6) is 0 Å². The van der Waals surface area contributed by atoms with Gasteiger partial charge in [0.2, 0.25) is 5.91 Å². The van der Waals surface area contributed by atoms with Crippen LogP contribution in [0.15, 0.2) is 18.2 Å². The summed E-state index contributed by atoms with van der Waals surface area (Å²) in [7, 11) is 1.82. The molecule has 0 aliphatic carbocycles. The summed E-state index contributed by atoms with van der Waals surface area (Å²) < 4.78 is 0. The SMILES string of the molecule is CC(C)CNC(=O)CN(C)c1cccc(Cl)c1N. The van der Waals surface area contributed by atoms with Crippen molar-refractivity contribution in [1.82, 2.24) is 5.32 Å². The molecule has 0 radical (unpaired) electrons. The van der Waals surface area contributed by atoms with Crippen LogP contribution < -0.4 is 16.0 Å². The first-order valence-electron chi connectivity index (χ1n) is 5.93. The topological polar surface area (TPSA) is 58.4 Å². The molecule has 3 N–H and O–H groups in total. The number of carbonyl (C=O) groups excluding carboxylic acids is 1. The molecule has 18 heavy (non-hydrogen) atoms. The number of amides is 1. The van der Waals surface area contributed by atoms with Crippen molar-refractivity contribution in [3.63, 3.8) is 0 Å². The molecular formula is C13H20ClN3O. The number of nitrogens with zero attached hydrogens (tertiary/aromatic N) is 1. The van der Waals surface area contributed by atoms with Crippen molar-refractivity contribution in [3.8, 4) is 0 Å².